The van der Waals surface area contributed by atoms with Gasteiger partial charge in [-0.05, 0) is 106 Å². The van der Waals surface area contributed by atoms with E-state index >= 15 is 0 Å². The number of amides is 1. The molecule has 7 rings (SSSR count). The Morgan fingerprint density at radius 2 is 1.91 bits per heavy atom. The normalized spacial score (nSPS) is 21.9. The molecule has 3 unspecified atom stereocenters. The molecule has 1 aliphatic carbocycles. The maximum Gasteiger partial charge on any atom is 0.213 e. The van der Waals surface area contributed by atoms with Crippen LogP contribution in [0.25, 0.3) is 10.9 Å². The lowest BCUT2D eigenvalue weighted by molar-refractivity contribution is -0.106. The number of hydrogen-bond donors (Lipinski definition) is 4. The van der Waals surface area contributed by atoms with Gasteiger partial charge in [0.05, 0.1) is 6.61 Å². The van der Waals surface area contributed by atoms with E-state index in [1.807, 2.05) is 19.2 Å². The summed E-state index contributed by atoms with van der Waals surface area (Å²) in [5.74, 6) is 2.04. The Morgan fingerprint density at radius 3 is 2.67 bits per heavy atom. The number of rotatable bonds is 15. The van der Waals surface area contributed by atoms with E-state index in [2.05, 4.69) is 61.8 Å². The van der Waals surface area contributed by atoms with Gasteiger partial charge in [0.1, 0.15) is 12.4 Å². The quantitative estimate of drug-likeness (QED) is 0.0599. The van der Waals surface area contributed by atoms with Crippen LogP contribution in [0.3, 0.4) is 0 Å². The number of piperidine rings is 2. The van der Waals surface area contributed by atoms with Crippen LogP contribution in [0.2, 0.25) is 5.02 Å². The summed E-state index contributed by atoms with van der Waals surface area (Å²) in [7, 11) is 3.77. The number of carbonyl (C=O) groups is 1. The van der Waals surface area contributed by atoms with Crippen LogP contribution in [-0.2, 0) is 28.3 Å². The van der Waals surface area contributed by atoms with Crippen molar-refractivity contribution in [1.82, 2.24) is 24.5 Å². The summed E-state index contributed by atoms with van der Waals surface area (Å²) in [6.45, 7) is 4.84. The second-order valence-corrected chi connectivity index (χ2v) is 16.2. The molecule has 3 aliphatic rings. The zero-order valence-electron chi connectivity index (χ0n) is 31.9. The van der Waals surface area contributed by atoms with E-state index in [1.165, 1.54) is 28.1 Å². The third-order valence-electron chi connectivity index (χ3n) is 11.4. The molecule has 296 valence electrons. The van der Waals surface area contributed by atoms with Crippen molar-refractivity contribution in [2.45, 2.75) is 74.9 Å². The van der Waals surface area contributed by atoms with E-state index in [0.29, 0.717) is 47.0 Å². The average molecular weight is 792 g/mol. The molecule has 4 atom stereocenters. The van der Waals surface area contributed by atoms with E-state index in [1.54, 1.807) is 36.8 Å². The minimum Gasteiger partial charge on any atom is -0.473 e. The van der Waals surface area contributed by atoms with Crippen molar-refractivity contribution in [1.29, 1.82) is 0 Å². The number of nitrogens with one attached hydrogen (secondary N) is 2. The standard InChI is InChI=1S/C41H52ClFN6O2S.CH3NO/c1-45-52-26-27-6-11-39-35(18-27)30(23-46-39)8-7-29-20-37(44)40-21-32(29)19-34(49(40)16-17-50-2)24-48-14-12-28(13-15-48)38-4-3-5-41(47-38)51-25-31-9-10-33(42)22-36(31)43;2-1-3/h3-6,9-11,18,20,22-23,28,32,34,37,40,45-46H,7-8,12-17,19,21,24-26,44H2,1-2H3;1H,(H2,2,3)/t32-,34?,37?,40?;/m0./s1. The van der Waals surface area contributed by atoms with Crippen molar-refractivity contribution in [3.8, 4) is 5.88 Å². The number of nitrogens with zero attached hydrogens (tertiary/aromatic N) is 3. The maximum absolute atomic E-state index is 14.3. The molecule has 4 heterocycles. The SMILES string of the molecule is CNSCc1ccc2[nH]cc(CCC3=CC(N)C4C[C@@H]3CC(CN3CCC(c5cccc(OCc6ccc(Cl)cc6F)n5)CC3)N4CCOC)c2c1.NC=O. The summed E-state index contributed by atoms with van der Waals surface area (Å²) in [6.07, 6.45) is 11.3. The Balaban J connectivity index is 0.00000166. The molecule has 6 N–H and O–H groups in total. The summed E-state index contributed by atoms with van der Waals surface area (Å²) in [6, 6.07) is 18.2. The number of methoxy groups -OCH3 is 1. The van der Waals surface area contributed by atoms with Gasteiger partial charge in [-0.3, -0.25) is 14.4 Å². The molecule has 2 bridgehead atoms. The number of hydrogen-bond acceptors (Lipinski definition) is 9. The molecule has 0 spiro atoms. The fourth-order valence-corrected chi connectivity index (χ4v) is 9.29. The predicted octanol–water partition coefficient (Wildman–Crippen LogP) is 6.58. The lowest BCUT2D eigenvalue weighted by Gasteiger charge is -2.51. The number of carbonyl (C=O) groups excluding carboxylic acids is 1. The van der Waals surface area contributed by atoms with E-state index in [9.17, 15) is 4.39 Å². The minimum absolute atomic E-state index is 0.0292. The number of fused-ring (bicyclic) bond motifs is 3. The van der Waals surface area contributed by atoms with Crippen LogP contribution in [0.1, 0.15) is 60.4 Å². The third-order valence-corrected chi connectivity index (χ3v) is 12.4. The predicted molar refractivity (Wildman–Crippen MR) is 221 cm³/mol. The summed E-state index contributed by atoms with van der Waals surface area (Å²) < 4.78 is 29.0. The number of ether oxygens (including phenoxy) is 2. The van der Waals surface area contributed by atoms with Gasteiger partial charge in [0, 0.05) is 89.4 Å². The van der Waals surface area contributed by atoms with E-state index in [0.717, 1.165) is 76.2 Å². The number of halogens is 2. The summed E-state index contributed by atoms with van der Waals surface area (Å²) in [4.78, 5) is 22.2. The van der Waals surface area contributed by atoms with Crippen LogP contribution >= 0.6 is 23.5 Å². The Kier molecular flexibility index (Phi) is 15.0. The van der Waals surface area contributed by atoms with Crippen molar-refractivity contribution in [3.05, 3.63) is 106 Å². The van der Waals surface area contributed by atoms with Crippen LogP contribution < -0.4 is 20.9 Å². The van der Waals surface area contributed by atoms with Crippen molar-refractivity contribution in [2.24, 2.45) is 17.4 Å². The van der Waals surface area contributed by atoms with Crippen LogP contribution in [0.4, 0.5) is 4.39 Å². The fraction of sp³-hybridized carbons (Fsp3) is 0.476. The Bertz CT molecular complexity index is 1890. The summed E-state index contributed by atoms with van der Waals surface area (Å²) in [5.41, 5.74) is 18.1. The molecule has 10 nitrogen and oxygen atoms in total. The number of aromatic nitrogens is 2. The average Bonchev–Trinajstić information content (AvgIpc) is 3.60. The van der Waals surface area contributed by atoms with Crippen molar-refractivity contribution in [2.75, 3.05) is 46.9 Å². The van der Waals surface area contributed by atoms with Gasteiger partial charge in [-0.1, -0.05) is 53.4 Å². The first-order chi connectivity index (χ1) is 26.8. The summed E-state index contributed by atoms with van der Waals surface area (Å²) >= 11 is 7.63. The third kappa shape index (κ3) is 10.7. The van der Waals surface area contributed by atoms with E-state index < -0.39 is 0 Å². The van der Waals surface area contributed by atoms with Crippen LogP contribution in [-0.4, -0.2) is 91.2 Å². The Labute approximate surface area is 333 Å². The molecular weight excluding hydrogens is 737 g/mol. The molecule has 13 heteroatoms. The zero-order valence-corrected chi connectivity index (χ0v) is 33.5. The lowest BCUT2D eigenvalue weighted by Crippen LogP contribution is -2.61. The van der Waals surface area contributed by atoms with E-state index in [-0.39, 0.29) is 24.9 Å². The smallest absolute Gasteiger partial charge is 0.213 e. The molecule has 2 aromatic heterocycles. The first-order valence-electron chi connectivity index (χ1n) is 19.3. The van der Waals surface area contributed by atoms with Crippen molar-refractivity contribution >= 4 is 40.9 Å². The van der Waals surface area contributed by atoms with Gasteiger partial charge in [-0.25, -0.2) is 9.37 Å². The number of nitrogens with two attached hydrogens (primary N) is 2. The lowest BCUT2D eigenvalue weighted by atomic mass is 9.72. The number of benzene rings is 2. The van der Waals surface area contributed by atoms with Gasteiger partial charge < -0.3 is 30.8 Å². The monoisotopic (exact) mass is 791 g/mol. The highest BCUT2D eigenvalue weighted by Gasteiger charge is 2.42. The van der Waals surface area contributed by atoms with E-state index in [4.69, 9.17) is 36.6 Å². The van der Waals surface area contributed by atoms with Crippen LogP contribution in [0, 0.1) is 11.7 Å². The maximum atomic E-state index is 14.3. The molecule has 1 amide bonds. The highest BCUT2D eigenvalue weighted by atomic mass is 35.5. The number of likely N-dealkylation sites (tertiary alicyclic amines) is 2. The molecular formula is C42H55ClFN7O3S. The molecule has 0 saturated carbocycles. The Hall–Kier alpha value is -3.49. The van der Waals surface area contributed by atoms with Gasteiger partial charge in [-0.2, -0.15) is 0 Å². The summed E-state index contributed by atoms with van der Waals surface area (Å²) in [5, 5.41) is 1.71. The number of aryl methyl sites for hydroxylation is 1. The fourth-order valence-electron chi connectivity index (χ4n) is 8.64. The number of primary amides is 1. The van der Waals surface area contributed by atoms with Crippen molar-refractivity contribution in [3.63, 3.8) is 0 Å². The van der Waals surface area contributed by atoms with Crippen molar-refractivity contribution < 1.29 is 18.7 Å². The van der Waals surface area contributed by atoms with Crippen LogP contribution in [0.5, 0.6) is 5.88 Å². The topological polar surface area (TPSA) is 135 Å². The first-order valence-corrected chi connectivity index (χ1v) is 20.7. The Morgan fingerprint density at radius 1 is 1.09 bits per heavy atom. The second kappa shape index (κ2) is 20.1. The number of allylic oxidation sites excluding steroid dienone is 1. The van der Waals surface area contributed by atoms with Gasteiger partial charge in [0.25, 0.3) is 0 Å². The van der Waals surface area contributed by atoms with Gasteiger partial charge in [-0.15, -0.1) is 0 Å². The van der Waals surface area contributed by atoms with Crippen LogP contribution in [0.15, 0.2) is 72.4 Å². The number of pyridine rings is 1. The number of aromatic amines is 1. The number of H-pyrrole nitrogens is 1. The van der Waals surface area contributed by atoms with Gasteiger partial charge in [0.15, 0.2) is 0 Å². The molecule has 4 aromatic rings. The second-order valence-electron chi connectivity index (χ2n) is 14.8. The molecule has 0 radical (unpaired) electrons. The van der Waals surface area contributed by atoms with Gasteiger partial charge >= 0.3 is 0 Å². The highest BCUT2D eigenvalue weighted by molar-refractivity contribution is 7.96. The molecule has 2 aromatic carbocycles. The molecule has 2 aliphatic heterocycles. The first kappa shape index (κ1) is 41.2. The van der Waals surface area contributed by atoms with Gasteiger partial charge in [0.2, 0.25) is 12.3 Å². The molecule has 55 heavy (non-hydrogen) atoms. The highest BCUT2D eigenvalue weighted by Crippen LogP contribution is 2.41. The molecule has 2 fully saturated rings. The zero-order chi connectivity index (χ0) is 38.7. The minimum atomic E-state index is -0.369. The largest absolute Gasteiger partial charge is 0.473 e. The molecule has 2 saturated heterocycles.